The van der Waals surface area contributed by atoms with Crippen molar-refractivity contribution in [1.82, 2.24) is 20.2 Å². The van der Waals surface area contributed by atoms with Crippen LogP contribution in [0.15, 0.2) is 53.8 Å². The van der Waals surface area contributed by atoms with Crippen LogP contribution in [0, 0.1) is 0 Å². The topological polar surface area (TPSA) is 90.3 Å². The van der Waals surface area contributed by atoms with Gasteiger partial charge in [0.25, 0.3) is 0 Å². The number of H-pyrrole nitrogens is 1. The van der Waals surface area contributed by atoms with Gasteiger partial charge in [-0.15, -0.1) is 0 Å². The number of nitrogens with one attached hydrogen (secondary N) is 1. The van der Waals surface area contributed by atoms with Gasteiger partial charge in [0.05, 0.1) is 29.2 Å². The Bertz CT molecular complexity index is 1080. The molecule has 0 bridgehead atoms. The summed E-state index contributed by atoms with van der Waals surface area (Å²) >= 11 is 0. The Morgan fingerprint density at radius 2 is 2.31 bits per heavy atom. The number of pyridine rings is 2. The Morgan fingerprint density at radius 1 is 1.41 bits per heavy atom. The third-order valence-electron chi connectivity index (χ3n) is 5.09. The highest BCUT2D eigenvalue weighted by Gasteiger charge is 2.20. The molecule has 1 aliphatic heterocycles. The van der Waals surface area contributed by atoms with Crippen molar-refractivity contribution in [2.45, 2.75) is 25.9 Å². The molecule has 0 amide bonds. The number of aliphatic hydroxyl groups excluding tert-OH is 1. The molecule has 1 atom stereocenters. The molecule has 0 radical (unpaired) electrons. The zero-order valence-corrected chi connectivity index (χ0v) is 16.4. The Kier molecular flexibility index (Phi) is 5.48. The summed E-state index contributed by atoms with van der Waals surface area (Å²) in [5, 5.41) is 18.5. The van der Waals surface area contributed by atoms with Gasteiger partial charge in [-0.2, -0.15) is 5.10 Å². The van der Waals surface area contributed by atoms with Gasteiger partial charge in [0, 0.05) is 24.7 Å². The van der Waals surface area contributed by atoms with Crippen LogP contribution < -0.4 is 4.90 Å². The summed E-state index contributed by atoms with van der Waals surface area (Å²) in [6, 6.07) is 7.95. The first-order chi connectivity index (χ1) is 14.2. The molecular formula is C22H24N6O. The van der Waals surface area contributed by atoms with Crippen LogP contribution >= 0.6 is 0 Å². The van der Waals surface area contributed by atoms with Gasteiger partial charge in [0.15, 0.2) is 0 Å². The predicted molar refractivity (Wildman–Crippen MR) is 117 cm³/mol. The number of anilines is 1. The van der Waals surface area contributed by atoms with Crippen LogP contribution in [0.4, 0.5) is 5.82 Å². The third kappa shape index (κ3) is 4.09. The monoisotopic (exact) mass is 388 g/mol. The van der Waals surface area contributed by atoms with Crippen molar-refractivity contribution in [3.05, 3.63) is 54.5 Å². The first-order valence-corrected chi connectivity index (χ1v) is 9.70. The zero-order valence-electron chi connectivity index (χ0n) is 16.4. The van der Waals surface area contributed by atoms with Crippen LogP contribution in [0.5, 0.6) is 0 Å². The molecule has 0 aliphatic carbocycles. The van der Waals surface area contributed by atoms with Crippen LogP contribution in [0.25, 0.3) is 27.9 Å². The molecule has 0 spiro atoms. The van der Waals surface area contributed by atoms with Gasteiger partial charge in [-0.05, 0) is 56.3 Å². The summed E-state index contributed by atoms with van der Waals surface area (Å²) in [4.78, 5) is 15.2. The second kappa shape index (κ2) is 8.36. The summed E-state index contributed by atoms with van der Waals surface area (Å²) in [6.45, 7) is 6.95. The van der Waals surface area contributed by atoms with E-state index in [-0.39, 0.29) is 6.10 Å². The molecule has 0 aromatic carbocycles. The molecule has 7 heteroatoms. The standard InChI is InChI=1S/C22H24N6O/c1-15(6-4-10-23-2)19-12-17-20(13-24-19)26-27-22(17)18-8-3-9-21(25-18)28-11-5-7-16(29)14-28/h3-4,6,8-10,12-13,16,29H,2,5,7,11,14H2,1H3,(H,26,27)/b10-4-,15-6+/t16-/m0/s1. The van der Waals surface area contributed by atoms with Crippen molar-refractivity contribution >= 4 is 29.0 Å². The van der Waals surface area contributed by atoms with E-state index in [1.807, 2.05) is 43.3 Å². The number of allylic oxidation sites excluding steroid dienone is 3. The highest BCUT2D eigenvalue weighted by molar-refractivity contribution is 5.93. The van der Waals surface area contributed by atoms with Gasteiger partial charge in [0.2, 0.25) is 0 Å². The second-order valence-corrected chi connectivity index (χ2v) is 7.18. The minimum atomic E-state index is -0.297. The first kappa shape index (κ1) is 19.0. The molecule has 1 fully saturated rings. The Morgan fingerprint density at radius 3 is 3.14 bits per heavy atom. The largest absolute Gasteiger partial charge is 0.391 e. The summed E-state index contributed by atoms with van der Waals surface area (Å²) in [5.74, 6) is 0.866. The van der Waals surface area contributed by atoms with E-state index < -0.39 is 0 Å². The van der Waals surface area contributed by atoms with Crippen molar-refractivity contribution in [3.8, 4) is 11.4 Å². The lowest BCUT2D eigenvalue weighted by molar-refractivity contribution is 0.154. The molecule has 29 heavy (non-hydrogen) atoms. The van der Waals surface area contributed by atoms with E-state index in [1.54, 1.807) is 12.4 Å². The SMILES string of the molecule is C=N/C=C\C=C(/C)c1cc2c(-c3cccc(N4CCC[C@H](O)C4)n3)n[nH]c2cn1. The summed E-state index contributed by atoms with van der Waals surface area (Å²) in [7, 11) is 0. The van der Waals surface area contributed by atoms with Crippen LogP contribution in [-0.2, 0) is 0 Å². The lowest BCUT2D eigenvalue weighted by Crippen LogP contribution is -2.38. The molecule has 0 unspecified atom stereocenters. The number of aliphatic imine (C=N–C) groups is 1. The maximum atomic E-state index is 9.98. The summed E-state index contributed by atoms with van der Waals surface area (Å²) in [5.41, 5.74) is 4.33. The normalized spacial score (nSPS) is 17.9. The van der Waals surface area contributed by atoms with E-state index in [0.29, 0.717) is 6.54 Å². The number of aromatic nitrogens is 4. The minimum absolute atomic E-state index is 0.297. The number of hydrogen-bond donors (Lipinski definition) is 2. The molecule has 7 nitrogen and oxygen atoms in total. The van der Waals surface area contributed by atoms with E-state index in [0.717, 1.165) is 58.8 Å². The molecule has 4 heterocycles. The number of nitrogens with zero attached hydrogens (tertiary/aromatic N) is 5. The summed E-state index contributed by atoms with van der Waals surface area (Å²) in [6.07, 6.45) is 8.73. The van der Waals surface area contributed by atoms with Gasteiger partial charge in [-0.25, -0.2) is 4.98 Å². The highest BCUT2D eigenvalue weighted by Crippen LogP contribution is 2.28. The molecular weight excluding hydrogens is 364 g/mol. The van der Waals surface area contributed by atoms with Gasteiger partial charge >= 0.3 is 0 Å². The number of aromatic amines is 1. The first-order valence-electron chi connectivity index (χ1n) is 9.70. The lowest BCUT2D eigenvalue weighted by atomic mass is 10.1. The Hall–Kier alpha value is -3.32. The van der Waals surface area contributed by atoms with Crippen LogP contribution in [-0.4, -0.2) is 51.2 Å². The van der Waals surface area contributed by atoms with E-state index in [1.165, 1.54) is 0 Å². The van der Waals surface area contributed by atoms with Crippen molar-refractivity contribution in [1.29, 1.82) is 0 Å². The van der Waals surface area contributed by atoms with Gasteiger partial charge < -0.3 is 10.0 Å². The molecule has 1 aliphatic rings. The van der Waals surface area contributed by atoms with Crippen molar-refractivity contribution in [2.24, 2.45) is 4.99 Å². The number of hydrogen-bond acceptors (Lipinski definition) is 6. The molecule has 148 valence electrons. The van der Waals surface area contributed by atoms with Crippen molar-refractivity contribution < 1.29 is 5.11 Å². The molecule has 3 aromatic rings. The minimum Gasteiger partial charge on any atom is -0.391 e. The van der Waals surface area contributed by atoms with Crippen LogP contribution in [0.3, 0.4) is 0 Å². The summed E-state index contributed by atoms with van der Waals surface area (Å²) < 4.78 is 0. The number of piperidine rings is 1. The average Bonchev–Trinajstić information content (AvgIpc) is 3.17. The molecule has 2 N–H and O–H groups in total. The number of aliphatic hydroxyl groups is 1. The number of β-amino-alcohol motifs (C(OH)–C–C–N with tert-alkyl or cyclic N) is 1. The fraction of sp³-hybridized carbons (Fsp3) is 0.273. The van der Waals surface area contributed by atoms with Crippen LogP contribution in [0.2, 0.25) is 0 Å². The smallest absolute Gasteiger partial charge is 0.129 e. The maximum absolute atomic E-state index is 9.98. The highest BCUT2D eigenvalue weighted by atomic mass is 16.3. The lowest BCUT2D eigenvalue weighted by Gasteiger charge is -2.31. The van der Waals surface area contributed by atoms with Gasteiger partial charge in [-0.3, -0.25) is 15.1 Å². The van der Waals surface area contributed by atoms with E-state index in [4.69, 9.17) is 4.98 Å². The Labute approximate surface area is 169 Å². The average molecular weight is 388 g/mol. The van der Waals surface area contributed by atoms with Crippen molar-refractivity contribution in [2.75, 3.05) is 18.0 Å². The van der Waals surface area contributed by atoms with Crippen molar-refractivity contribution in [3.63, 3.8) is 0 Å². The molecule has 0 saturated carbocycles. The van der Waals surface area contributed by atoms with Gasteiger partial charge in [-0.1, -0.05) is 12.1 Å². The fourth-order valence-electron chi connectivity index (χ4n) is 3.56. The van der Waals surface area contributed by atoms with Gasteiger partial charge in [0.1, 0.15) is 11.5 Å². The van der Waals surface area contributed by atoms with E-state index in [9.17, 15) is 5.11 Å². The Balaban J connectivity index is 1.70. The molecule has 4 rings (SSSR count). The maximum Gasteiger partial charge on any atom is 0.129 e. The van der Waals surface area contributed by atoms with E-state index in [2.05, 4.69) is 31.8 Å². The zero-order chi connectivity index (χ0) is 20.2. The number of fused-ring (bicyclic) bond motifs is 1. The molecule has 3 aromatic heterocycles. The predicted octanol–water partition coefficient (Wildman–Crippen LogP) is 3.60. The van der Waals surface area contributed by atoms with E-state index >= 15 is 0 Å². The second-order valence-electron chi connectivity index (χ2n) is 7.18. The molecule has 1 saturated heterocycles. The quantitative estimate of drug-likeness (QED) is 0.515. The fourth-order valence-corrected chi connectivity index (χ4v) is 3.56. The number of rotatable bonds is 5. The van der Waals surface area contributed by atoms with Crippen LogP contribution in [0.1, 0.15) is 25.5 Å². The third-order valence-corrected chi connectivity index (χ3v) is 5.09.